The molecule has 0 bridgehead atoms. The zero-order valence-electron chi connectivity index (χ0n) is 17.4. The first-order chi connectivity index (χ1) is 14.9. The van der Waals surface area contributed by atoms with Gasteiger partial charge in [-0.2, -0.15) is 0 Å². The number of anilines is 1. The highest BCUT2D eigenvalue weighted by atomic mass is 16.5. The Labute approximate surface area is 179 Å². The summed E-state index contributed by atoms with van der Waals surface area (Å²) in [7, 11) is 0. The van der Waals surface area contributed by atoms with Gasteiger partial charge in [0, 0.05) is 31.6 Å². The second kappa shape index (κ2) is 10.2. The number of hydrogen-bond acceptors (Lipinski definition) is 7. The summed E-state index contributed by atoms with van der Waals surface area (Å²) >= 11 is 0. The van der Waals surface area contributed by atoms with Gasteiger partial charge in [-0.3, -0.25) is 34.2 Å². The number of amides is 5. The lowest BCUT2D eigenvalue weighted by Gasteiger charge is -2.27. The van der Waals surface area contributed by atoms with E-state index in [-0.39, 0.29) is 29.9 Å². The monoisotopic (exact) mass is 430 g/mol. The van der Waals surface area contributed by atoms with E-state index in [1.807, 2.05) is 6.92 Å². The third-order valence-corrected chi connectivity index (χ3v) is 5.08. The van der Waals surface area contributed by atoms with Crippen molar-refractivity contribution in [3.05, 3.63) is 29.3 Å². The summed E-state index contributed by atoms with van der Waals surface area (Å²) in [6.45, 7) is 3.45. The molecule has 31 heavy (non-hydrogen) atoms. The molecule has 5 amide bonds. The van der Waals surface area contributed by atoms with E-state index in [0.717, 1.165) is 11.3 Å². The number of carbonyl (C=O) groups excluding carboxylic acids is 5. The molecule has 2 aliphatic heterocycles. The Morgan fingerprint density at radius 1 is 1.16 bits per heavy atom. The van der Waals surface area contributed by atoms with Crippen LogP contribution in [-0.4, -0.2) is 66.8 Å². The van der Waals surface area contributed by atoms with Crippen LogP contribution in [0.3, 0.4) is 0 Å². The fraction of sp³-hybridized carbons (Fsp3) is 0.476. The Balaban J connectivity index is 1.55. The summed E-state index contributed by atoms with van der Waals surface area (Å²) < 4.78 is 5.47. The molecule has 2 heterocycles. The van der Waals surface area contributed by atoms with Gasteiger partial charge in [0.05, 0.1) is 24.3 Å². The van der Waals surface area contributed by atoms with Crippen LogP contribution in [0.25, 0.3) is 0 Å². The molecule has 10 nitrogen and oxygen atoms in total. The van der Waals surface area contributed by atoms with Gasteiger partial charge in [0.25, 0.3) is 11.8 Å². The summed E-state index contributed by atoms with van der Waals surface area (Å²) in [5, 5.41) is 8.02. The third-order valence-electron chi connectivity index (χ3n) is 5.08. The number of hydrogen-bond donors (Lipinski definition) is 3. The summed E-state index contributed by atoms with van der Waals surface area (Å²) in [6.07, 6.45) is 1.47. The molecule has 3 N–H and O–H groups in total. The zero-order valence-corrected chi connectivity index (χ0v) is 17.4. The Morgan fingerprint density at radius 3 is 2.68 bits per heavy atom. The minimum absolute atomic E-state index is 0.00665. The fourth-order valence-electron chi connectivity index (χ4n) is 3.60. The Morgan fingerprint density at radius 2 is 1.94 bits per heavy atom. The first-order valence-corrected chi connectivity index (χ1v) is 10.4. The van der Waals surface area contributed by atoms with Crippen LogP contribution in [0.5, 0.6) is 0 Å². The lowest BCUT2D eigenvalue weighted by molar-refractivity contribution is -0.136. The molecule has 2 aliphatic rings. The third kappa shape index (κ3) is 5.08. The van der Waals surface area contributed by atoms with Crippen molar-refractivity contribution in [3.63, 3.8) is 0 Å². The minimum atomic E-state index is -0.996. The number of nitrogens with zero attached hydrogens (tertiary/aromatic N) is 1. The van der Waals surface area contributed by atoms with Crippen LogP contribution in [0.15, 0.2) is 18.2 Å². The van der Waals surface area contributed by atoms with Gasteiger partial charge < -0.3 is 15.4 Å². The number of nitrogens with one attached hydrogen (secondary N) is 3. The van der Waals surface area contributed by atoms with Crippen LogP contribution in [0.2, 0.25) is 0 Å². The highest BCUT2D eigenvalue weighted by molar-refractivity contribution is 6.25. The summed E-state index contributed by atoms with van der Waals surface area (Å²) in [4.78, 5) is 61.6. The Kier molecular flexibility index (Phi) is 7.35. The van der Waals surface area contributed by atoms with Crippen molar-refractivity contribution in [2.45, 2.75) is 38.6 Å². The molecule has 1 saturated heterocycles. The number of imide groups is 2. The van der Waals surface area contributed by atoms with E-state index in [1.54, 1.807) is 18.2 Å². The van der Waals surface area contributed by atoms with E-state index in [9.17, 15) is 24.0 Å². The number of piperidine rings is 1. The van der Waals surface area contributed by atoms with Crippen molar-refractivity contribution >= 4 is 35.2 Å². The van der Waals surface area contributed by atoms with Crippen molar-refractivity contribution in [3.8, 4) is 0 Å². The van der Waals surface area contributed by atoms with Crippen LogP contribution in [-0.2, 0) is 19.1 Å². The van der Waals surface area contributed by atoms with E-state index >= 15 is 0 Å². The summed E-state index contributed by atoms with van der Waals surface area (Å²) in [6, 6.07) is 3.89. The van der Waals surface area contributed by atoms with E-state index in [1.165, 1.54) is 0 Å². The van der Waals surface area contributed by atoms with Crippen molar-refractivity contribution in [1.29, 1.82) is 0 Å². The van der Waals surface area contributed by atoms with E-state index in [0.29, 0.717) is 38.4 Å². The van der Waals surface area contributed by atoms with Gasteiger partial charge in [0.1, 0.15) is 6.04 Å². The molecule has 1 aromatic carbocycles. The van der Waals surface area contributed by atoms with Gasteiger partial charge in [0.2, 0.25) is 17.7 Å². The maximum Gasteiger partial charge on any atom is 0.264 e. The Bertz CT molecular complexity index is 900. The van der Waals surface area contributed by atoms with Gasteiger partial charge in [-0.05, 0) is 25.0 Å². The Hall–Kier alpha value is -3.27. The van der Waals surface area contributed by atoms with Crippen LogP contribution in [0.1, 0.15) is 53.3 Å². The average molecular weight is 430 g/mol. The van der Waals surface area contributed by atoms with Gasteiger partial charge in [-0.1, -0.05) is 13.0 Å². The molecule has 3 rings (SSSR count). The normalized spacial score (nSPS) is 18.1. The molecule has 1 aromatic rings. The van der Waals surface area contributed by atoms with Gasteiger partial charge in [-0.25, -0.2) is 0 Å². The lowest BCUT2D eigenvalue weighted by atomic mass is 10.0. The molecular formula is C21H26N4O6. The predicted octanol–water partition coefficient (Wildman–Crippen LogP) is 0.433. The molecule has 0 aromatic heterocycles. The molecule has 0 radical (unpaired) electrons. The van der Waals surface area contributed by atoms with Crippen molar-refractivity contribution in [1.82, 2.24) is 15.5 Å². The molecule has 1 unspecified atom stereocenters. The predicted molar refractivity (Wildman–Crippen MR) is 110 cm³/mol. The fourth-order valence-corrected chi connectivity index (χ4v) is 3.60. The van der Waals surface area contributed by atoms with Crippen molar-refractivity contribution in [2.24, 2.45) is 0 Å². The van der Waals surface area contributed by atoms with Crippen LogP contribution in [0, 0.1) is 0 Å². The first-order valence-electron chi connectivity index (χ1n) is 10.4. The lowest BCUT2D eigenvalue weighted by Crippen LogP contribution is -2.54. The largest absolute Gasteiger partial charge is 0.382 e. The second-order valence-electron chi connectivity index (χ2n) is 7.31. The molecule has 10 heteroatoms. The van der Waals surface area contributed by atoms with E-state index in [2.05, 4.69) is 16.0 Å². The summed E-state index contributed by atoms with van der Waals surface area (Å²) in [5.41, 5.74) is 0.911. The smallest absolute Gasteiger partial charge is 0.264 e. The standard InChI is InChI=1S/C21H26N4O6/c1-2-4-16(26)23-10-12-31-11-9-22-14-6-3-5-13-18(14)21(30)25(20(13)29)15-7-8-17(27)24-19(15)28/h3,5-6,15,22H,2,4,7-12H2,1H3,(H,23,26)(H,24,27,28). The maximum absolute atomic E-state index is 13.0. The quantitative estimate of drug-likeness (QED) is 0.362. The van der Waals surface area contributed by atoms with Crippen molar-refractivity contribution in [2.75, 3.05) is 31.6 Å². The molecule has 0 saturated carbocycles. The minimum Gasteiger partial charge on any atom is -0.382 e. The molecule has 0 aliphatic carbocycles. The van der Waals surface area contributed by atoms with Gasteiger partial charge >= 0.3 is 0 Å². The average Bonchev–Trinajstić information content (AvgIpc) is 2.99. The van der Waals surface area contributed by atoms with Crippen LogP contribution >= 0.6 is 0 Å². The maximum atomic E-state index is 13.0. The van der Waals surface area contributed by atoms with Gasteiger partial charge in [-0.15, -0.1) is 0 Å². The van der Waals surface area contributed by atoms with Crippen LogP contribution < -0.4 is 16.0 Å². The highest BCUT2D eigenvalue weighted by Crippen LogP contribution is 2.32. The number of ether oxygens (including phenoxy) is 1. The number of benzene rings is 1. The second-order valence-corrected chi connectivity index (χ2v) is 7.31. The zero-order chi connectivity index (χ0) is 22.4. The topological polar surface area (TPSA) is 134 Å². The highest BCUT2D eigenvalue weighted by Gasteiger charge is 2.45. The number of fused-ring (bicyclic) bond motifs is 1. The molecule has 1 fully saturated rings. The molecule has 166 valence electrons. The van der Waals surface area contributed by atoms with Gasteiger partial charge in [0.15, 0.2) is 0 Å². The number of carbonyl (C=O) groups is 5. The van der Waals surface area contributed by atoms with E-state index < -0.39 is 29.7 Å². The van der Waals surface area contributed by atoms with E-state index in [4.69, 9.17) is 4.74 Å². The molecule has 1 atom stereocenters. The molecular weight excluding hydrogens is 404 g/mol. The first kappa shape index (κ1) is 22.4. The number of rotatable bonds is 10. The van der Waals surface area contributed by atoms with Crippen molar-refractivity contribution < 1.29 is 28.7 Å². The summed E-state index contributed by atoms with van der Waals surface area (Å²) in [5.74, 6) is -2.16. The van der Waals surface area contributed by atoms with Crippen LogP contribution in [0.4, 0.5) is 5.69 Å². The molecule has 0 spiro atoms. The SMILES string of the molecule is CCCC(=O)NCCOCCNc1cccc2c1C(=O)N(C1CCC(=O)NC1=O)C2=O.